The van der Waals surface area contributed by atoms with E-state index in [0.29, 0.717) is 11.6 Å². The predicted molar refractivity (Wildman–Crippen MR) is 201 cm³/mol. The standard InChI is InChI=1S/C44H27N5/c1-3-12-28(13-4-1)43-45-26-37-33-18-7-8-19-34(33)38-27-46-44(48-42(38)41(37)47-43)31-15-11-14-29(24-31)30-22-23-40-36(25-30)35-20-9-10-21-39(35)49(40)32-16-5-2-6-17-32/h1-27H. The van der Waals surface area contributed by atoms with Gasteiger partial charge in [0.2, 0.25) is 0 Å². The minimum absolute atomic E-state index is 0.660. The molecule has 0 radical (unpaired) electrons. The Morgan fingerprint density at radius 1 is 0.347 bits per heavy atom. The largest absolute Gasteiger partial charge is 0.309 e. The zero-order valence-electron chi connectivity index (χ0n) is 26.3. The number of fused-ring (bicyclic) bond motifs is 9. The van der Waals surface area contributed by atoms with Crippen molar-refractivity contribution in [1.29, 1.82) is 0 Å². The quantitative estimate of drug-likeness (QED) is 0.183. The molecule has 0 amide bonds. The number of benzene rings is 7. The zero-order chi connectivity index (χ0) is 32.3. The molecule has 10 rings (SSSR count). The summed E-state index contributed by atoms with van der Waals surface area (Å²) in [5, 5.41) is 6.58. The van der Waals surface area contributed by atoms with Crippen LogP contribution in [-0.2, 0) is 0 Å². The lowest BCUT2D eigenvalue weighted by Gasteiger charge is -2.11. The summed E-state index contributed by atoms with van der Waals surface area (Å²) in [4.78, 5) is 20.0. The van der Waals surface area contributed by atoms with Crippen LogP contribution >= 0.6 is 0 Å². The fourth-order valence-electron chi connectivity index (χ4n) is 7.18. The predicted octanol–water partition coefficient (Wildman–Crippen LogP) is 10.8. The lowest BCUT2D eigenvalue weighted by atomic mass is 10.00. The molecule has 7 aromatic carbocycles. The van der Waals surface area contributed by atoms with E-state index in [4.69, 9.17) is 19.9 Å². The smallest absolute Gasteiger partial charge is 0.159 e. The summed E-state index contributed by atoms with van der Waals surface area (Å²) in [5.74, 6) is 1.34. The molecular weight excluding hydrogens is 599 g/mol. The van der Waals surface area contributed by atoms with Crippen LogP contribution in [0.4, 0.5) is 0 Å². The maximum absolute atomic E-state index is 5.22. The molecule has 0 atom stereocenters. The molecule has 10 aromatic rings. The number of para-hydroxylation sites is 2. The van der Waals surface area contributed by atoms with Crippen LogP contribution in [0.25, 0.3) is 94.0 Å². The van der Waals surface area contributed by atoms with Crippen LogP contribution in [0.2, 0.25) is 0 Å². The first-order valence-corrected chi connectivity index (χ1v) is 16.4. The van der Waals surface area contributed by atoms with Gasteiger partial charge < -0.3 is 4.57 Å². The van der Waals surface area contributed by atoms with Crippen LogP contribution in [0.5, 0.6) is 0 Å². The van der Waals surface area contributed by atoms with Crippen molar-refractivity contribution in [2.24, 2.45) is 0 Å². The Morgan fingerprint density at radius 3 is 1.59 bits per heavy atom. The van der Waals surface area contributed by atoms with Gasteiger partial charge in [-0.1, -0.05) is 115 Å². The van der Waals surface area contributed by atoms with E-state index in [1.54, 1.807) is 0 Å². The number of hydrogen-bond acceptors (Lipinski definition) is 4. The van der Waals surface area contributed by atoms with E-state index in [9.17, 15) is 0 Å². The summed E-state index contributed by atoms with van der Waals surface area (Å²) in [5.41, 5.74) is 9.33. The molecule has 0 unspecified atom stereocenters. The van der Waals surface area contributed by atoms with Gasteiger partial charge in [0, 0.05) is 50.8 Å². The lowest BCUT2D eigenvalue weighted by molar-refractivity contribution is 1.18. The highest BCUT2D eigenvalue weighted by molar-refractivity contribution is 6.23. The average Bonchev–Trinajstić information content (AvgIpc) is 3.52. The number of nitrogens with zero attached hydrogens (tertiary/aromatic N) is 5. The van der Waals surface area contributed by atoms with E-state index >= 15 is 0 Å². The van der Waals surface area contributed by atoms with Gasteiger partial charge in [-0.05, 0) is 58.3 Å². The first-order chi connectivity index (χ1) is 24.3. The Balaban J connectivity index is 1.13. The normalized spacial score (nSPS) is 11.7. The highest BCUT2D eigenvalue weighted by Gasteiger charge is 2.16. The van der Waals surface area contributed by atoms with Gasteiger partial charge in [-0.2, -0.15) is 0 Å². The van der Waals surface area contributed by atoms with Crippen molar-refractivity contribution >= 4 is 54.4 Å². The minimum atomic E-state index is 0.660. The van der Waals surface area contributed by atoms with Crippen molar-refractivity contribution < 1.29 is 0 Å². The fraction of sp³-hybridized carbons (Fsp3) is 0. The molecule has 5 heteroatoms. The third kappa shape index (κ3) is 4.40. The van der Waals surface area contributed by atoms with Gasteiger partial charge in [-0.25, -0.2) is 19.9 Å². The van der Waals surface area contributed by atoms with E-state index in [-0.39, 0.29) is 0 Å². The molecule has 0 spiro atoms. The molecular formula is C44H27N5. The molecule has 5 nitrogen and oxygen atoms in total. The van der Waals surface area contributed by atoms with Gasteiger partial charge in [0.1, 0.15) is 11.0 Å². The molecule has 0 saturated carbocycles. The minimum Gasteiger partial charge on any atom is -0.309 e. The molecule has 3 aromatic heterocycles. The van der Waals surface area contributed by atoms with Crippen LogP contribution in [0.3, 0.4) is 0 Å². The highest BCUT2D eigenvalue weighted by Crippen LogP contribution is 2.37. The summed E-state index contributed by atoms with van der Waals surface area (Å²) in [6.07, 6.45) is 3.88. The SMILES string of the molecule is c1ccc(-c2ncc3c4ccccc4c4cnc(-c5cccc(-c6ccc7c(c6)c6ccccc6n7-c6ccccc6)c5)nc4c3n2)cc1. The molecule has 49 heavy (non-hydrogen) atoms. The van der Waals surface area contributed by atoms with E-state index in [1.807, 2.05) is 42.7 Å². The molecule has 0 bridgehead atoms. The van der Waals surface area contributed by atoms with Crippen molar-refractivity contribution in [3.63, 3.8) is 0 Å². The van der Waals surface area contributed by atoms with E-state index < -0.39 is 0 Å². The van der Waals surface area contributed by atoms with Gasteiger partial charge in [-0.15, -0.1) is 0 Å². The topological polar surface area (TPSA) is 56.5 Å². The summed E-state index contributed by atoms with van der Waals surface area (Å²) in [6.45, 7) is 0. The second-order valence-electron chi connectivity index (χ2n) is 12.3. The van der Waals surface area contributed by atoms with Crippen LogP contribution in [0, 0.1) is 0 Å². The molecule has 0 aliphatic heterocycles. The molecule has 228 valence electrons. The second kappa shape index (κ2) is 10.9. The van der Waals surface area contributed by atoms with Gasteiger partial charge in [0.05, 0.1) is 11.0 Å². The Bertz CT molecular complexity index is 2880. The Labute approximate surface area is 281 Å². The summed E-state index contributed by atoms with van der Waals surface area (Å²) >= 11 is 0. The molecule has 0 N–H and O–H groups in total. The average molecular weight is 626 g/mol. The Kier molecular flexibility index (Phi) is 6.11. The van der Waals surface area contributed by atoms with Crippen molar-refractivity contribution in [3.8, 4) is 39.6 Å². The Morgan fingerprint density at radius 2 is 0.878 bits per heavy atom. The fourth-order valence-corrected chi connectivity index (χ4v) is 7.18. The molecule has 3 heterocycles. The van der Waals surface area contributed by atoms with Gasteiger partial charge in [-0.3, -0.25) is 0 Å². The van der Waals surface area contributed by atoms with E-state index in [2.05, 4.69) is 126 Å². The van der Waals surface area contributed by atoms with Gasteiger partial charge in [0.25, 0.3) is 0 Å². The Hall–Kier alpha value is -6.72. The van der Waals surface area contributed by atoms with Gasteiger partial charge in [0.15, 0.2) is 11.6 Å². The molecule has 0 aliphatic carbocycles. The molecule has 0 saturated heterocycles. The summed E-state index contributed by atoms with van der Waals surface area (Å²) < 4.78 is 2.34. The maximum Gasteiger partial charge on any atom is 0.159 e. The lowest BCUT2D eigenvalue weighted by Crippen LogP contribution is -1.96. The number of hydrogen-bond donors (Lipinski definition) is 0. The first kappa shape index (κ1) is 27.4. The molecule has 0 aliphatic rings. The van der Waals surface area contributed by atoms with Crippen molar-refractivity contribution in [1.82, 2.24) is 24.5 Å². The van der Waals surface area contributed by atoms with E-state index in [1.165, 1.54) is 21.8 Å². The van der Waals surface area contributed by atoms with Crippen LogP contribution in [0.15, 0.2) is 164 Å². The van der Waals surface area contributed by atoms with Gasteiger partial charge >= 0.3 is 0 Å². The summed E-state index contributed by atoms with van der Waals surface area (Å²) in [7, 11) is 0. The summed E-state index contributed by atoms with van der Waals surface area (Å²) in [6, 6.07) is 52.9. The van der Waals surface area contributed by atoms with Crippen LogP contribution in [-0.4, -0.2) is 24.5 Å². The second-order valence-corrected chi connectivity index (χ2v) is 12.3. The third-order valence-corrected chi connectivity index (χ3v) is 9.48. The van der Waals surface area contributed by atoms with Crippen molar-refractivity contribution in [2.45, 2.75) is 0 Å². The van der Waals surface area contributed by atoms with Crippen molar-refractivity contribution in [3.05, 3.63) is 164 Å². The first-order valence-electron chi connectivity index (χ1n) is 16.4. The number of aromatic nitrogens is 5. The highest BCUT2D eigenvalue weighted by atomic mass is 15.0. The van der Waals surface area contributed by atoms with Crippen LogP contribution < -0.4 is 0 Å². The molecule has 0 fully saturated rings. The van der Waals surface area contributed by atoms with E-state index in [0.717, 1.165) is 60.5 Å². The van der Waals surface area contributed by atoms with Crippen molar-refractivity contribution in [2.75, 3.05) is 0 Å². The maximum atomic E-state index is 5.22. The zero-order valence-corrected chi connectivity index (χ0v) is 26.3. The third-order valence-electron chi connectivity index (χ3n) is 9.48. The van der Waals surface area contributed by atoms with Crippen LogP contribution in [0.1, 0.15) is 0 Å². The monoisotopic (exact) mass is 625 g/mol. The number of rotatable bonds is 4.